The Morgan fingerprint density at radius 1 is 0.447 bits per heavy atom. The van der Waals surface area contributed by atoms with Crippen LogP contribution in [0, 0.1) is 0 Å². The van der Waals surface area contributed by atoms with E-state index in [0.717, 1.165) is 37.9 Å². The third-order valence-corrected chi connectivity index (χ3v) is 7.20. The predicted molar refractivity (Wildman–Crippen MR) is 184 cm³/mol. The minimum atomic E-state index is -0.148. The van der Waals surface area contributed by atoms with Gasteiger partial charge >= 0.3 is 5.97 Å². The van der Waals surface area contributed by atoms with Crippen LogP contribution in [0.15, 0.2) is 24.3 Å². The number of carbonyl (C=O) groups is 1. The first kappa shape index (κ1) is 43.2. The summed E-state index contributed by atoms with van der Waals surface area (Å²) in [5.74, 6) is 0.737. The summed E-state index contributed by atoms with van der Waals surface area (Å²) in [5.41, 5.74) is 1.38. The van der Waals surface area contributed by atoms with E-state index in [0.29, 0.717) is 106 Å². The van der Waals surface area contributed by atoms with Gasteiger partial charge in [-0.3, -0.25) is 4.79 Å². The predicted octanol–water partition coefficient (Wildman–Crippen LogP) is 6.60. The van der Waals surface area contributed by atoms with E-state index in [1.165, 1.54) is 44.1 Å². The van der Waals surface area contributed by atoms with Gasteiger partial charge in [0.2, 0.25) is 0 Å². The van der Waals surface area contributed by atoms with E-state index < -0.39 is 0 Å². The second kappa shape index (κ2) is 35.5. The average Bonchev–Trinajstić information content (AvgIpc) is 3.08. The lowest BCUT2D eigenvalue weighted by Gasteiger charge is -2.09. The van der Waals surface area contributed by atoms with Gasteiger partial charge in [-0.15, -0.1) is 0 Å². The van der Waals surface area contributed by atoms with Crippen LogP contribution in [0.2, 0.25) is 0 Å². The summed E-state index contributed by atoms with van der Waals surface area (Å²) in [7, 11) is 0. The fourth-order valence-corrected chi connectivity index (χ4v) is 4.48. The van der Waals surface area contributed by atoms with E-state index in [4.69, 9.17) is 42.6 Å². The van der Waals surface area contributed by atoms with Gasteiger partial charge in [-0.05, 0) is 37.0 Å². The van der Waals surface area contributed by atoms with Gasteiger partial charge in [0.05, 0.1) is 92.5 Å². The van der Waals surface area contributed by atoms with Crippen LogP contribution in [0.4, 0.5) is 0 Å². The lowest BCUT2D eigenvalue weighted by Crippen LogP contribution is -2.15. The van der Waals surface area contributed by atoms with Crippen molar-refractivity contribution in [2.24, 2.45) is 0 Å². The Balaban J connectivity index is 1.72. The summed E-state index contributed by atoms with van der Waals surface area (Å²) in [6, 6.07) is 8.43. The van der Waals surface area contributed by atoms with Crippen molar-refractivity contribution < 1.29 is 47.4 Å². The zero-order chi connectivity index (χ0) is 33.7. The number of unbranched alkanes of at least 4 members (excludes halogenated alkanes) is 8. The van der Waals surface area contributed by atoms with Crippen LogP contribution in [-0.2, 0) is 49.1 Å². The largest absolute Gasteiger partial charge is 0.491 e. The van der Waals surface area contributed by atoms with Crippen LogP contribution in [0.5, 0.6) is 5.75 Å². The molecule has 0 aliphatic carbocycles. The molecule has 0 N–H and O–H groups in total. The Bertz CT molecular complexity index is 777. The van der Waals surface area contributed by atoms with Crippen molar-refractivity contribution >= 4 is 5.97 Å². The van der Waals surface area contributed by atoms with Crippen molar-refractivity contribution in [3.63, 3.8) is 0 Å². The maximum atomic E-state index is 11.6. The van der Waals surface area contributed by atoms with Gasteiger partial charge in [0.25, 0.3) is 0 Å². The molecular formula is C37H66O10. The Hall–Kier alpha value is -1.79. The van der Waals surface area contributed by atoms with E-state index in [1.54, 1.807) is 0 Å². The highest BCUT2D eigenvalue weighted by molar-refractivity contribution is 5.69. The number of benzene rings is 1. The van der Waals surface area contributed by atoms with Gasteiger partial charge in [0.15, 0.2) is 0 Å². The Labute approximate surface area is 285 Å². The molecule has 0 saturated carbocycles. The molecular weight excluding hydrogens is 604 g/mol. The summed E-state index contributed by atoms with van der Waals surface area (Å²) in [4.78, 5) is 11.6. The van der Waals surface area contributed by atoms with E-state index >= 15 is 0 Å². The molecule has 0 fully saturated rings. The fourth-order valence-electron chi connectivity index (χ4n) is 4.48. The zero-order valence-electron chi connectivity index (χ0n) is 29.7. The Kier molecular flexibility index (Phi) is 32.7. The summed E-state index contributed by atoms with van der Waals surface area (Å²) >= 11 is 0. The van der Waals surface area contributed by atoms with Crippen LogP contribution in [-0.4, -0.2) is 112 Å². The van der Waals surface area contributed by atoms with Gasteiger partial charge < -0.3 is 42.6 Å². The first-order chi connectivity index (χ1) is 23.3. The van der Waals surface area contributed by atoms with Crippen molar-refractivity contribution in [3.8, 4) is 5.75 Å². The van der Waals surface area contributed by atoms with E-state index in [1.807, 2.05) is 12.1 Å². The highest BCUT2D eigenvalue weighted by atomic mass is 16.6. The van der Waals surface area contributed by atoms with Gasteiger partial charge in [0, 0.05) is 6.42 Å². The summed E-state index contributed by atoms with van der Waals surface area (Å²) in [6.45, 7) is 12.2. The number of hydrogen-bond acceptors (Lipinski definition) is 10. The molecule has 10 heteroatoms. The topological polar surface area (TPSA) is 100 Å². The summed E-state index contributed by atoms with van der Waals surface area (Å²) in [6.07, 6.45) is 13.9. The minimum Gasteiger partial charge on any atom is -0.491 e. The molecule has 1 rings (SSSR count). The first-order valence-electron chi connectivity index (χ1n) is 18.2. The molecule has 10 nitrogen and oxygen atoms in total. The van der Waals surface area contributed by atoms with Crippen molar-refractivity contribution in [1.82, 2.24) is 0 Å². The molecule has 1 aromatic rings. The van der Waals surface area contributed by atoms with Crippen LogP contribution >= 0.6 is 0 Å². The molecule has 0 unspecified atom stereocenters. The molecule has 0 radical (unpaired) electrons. The molecule has 274 valence electrons. The van der Waals surface area contributed by atoms with Crippen molar-refractivity contribution in [1.29, 1.82) is 0 Å². The molecule has 0 saturated heterocycles. The minimum absolute atomic E-state index is 0.148. The Morgan fingerprint density at radius 2 is 0.830 bits per heavy atom. The van der Waals surface area contributed by atoms with Crippen LogP contribution < -0.4 is 4.74 Å². The van der Waals surface area contributed by atoms with Gasteiger partial charge in [-0.2, -0.15) is 0 Å². The maximum Gasteiger partial charge on any atom is 0.305 e. The second-order valence-corrected chi connectivity index (χ2v) is 11.3. The molecule has 0 atom stereocenters. The van der Waals surface area contributed by atoms with Crippen LogP contribution in [0.1, 0.15) is 90.0 Å². The molecule has 0 heterocycles. The van der Waals surface area contributed by atoms with Gasteiger partial charge in [-0.1, -0.05) is 77.3 Å². The van der Waals surface area contributed by atoms with Gasteiger partial charge in [0.1, 0.15) is 19.0 Å². The van der Waals surface area contributed by atoms with Crippen LogP contribution in [0.3, 0.4) is 0 Å². The summed E-state index contributed by atoms with van der Waals surface area (Å²) < 4.78 is 49.4. The molecule has 47 heavy (non-hydrogen) atoms. The van der Waals surface area contributed by atoms with Crippen molar-refractivity contribution in [2.45, 2.75) is 90.9 Å². The molecule has 0 aliphatic heterocycles. The standard InChI is InChI=1S/C37H66O10/c1-3-5-7-9-10-11-13-35-15-17-36(18-16-35)46-33-31-44-29-27-42-25-23-40-21-19-39-20-22-41-24-26-43-28-30-45-32-34-47-37(38)14-12-8-6-4-2/h15-18H,3-14,19-34H2,1-2H3. The molecule has 0 aliphatic rings. The van der Waals surface area contributed by atoms with Crippen LogP contribution in [0.25, 0.3) is 0 Å². The number of rotatable bonds is 37. The number of carbonyl (C=O) groups excluding carboxylic acids is 1. The quantitative estimate of drug-likeness (QED) is 0.0569. The lowest BCUT2D eigenvalue weighted by atomic mass is 10.0. The first-order valence-corrected chi connectivity index (χ1v) is 18.2. The van der Waals surface area contributed by atoms with Crippen molar-refractivity contribution in [2.75, 3.05) is 106 Å². The SMILES string of the molecule is CCCCCCCCc1ccc(OCCOCCOCCOCCOCCOCCOCCOCCOC(=O)CCCCCC)cc1. The molecule has 0 bridgehead atoms. The second-order valence-electron chi connectivity index (χ2n) is 11.3. The number of hydrogen-bond donors (Lipinski definition) is 0. The lowest BCUT2D eigenvalue weighted by molar-refractivity contribution is -0.145. The number of ether oxygens (including phenoxy) is 9. The van der Waals surface area contributed by atoms with E-state index in [-0.39, 0.29) is 12.6 Å². The van der Waals surface area contributed by atoms with E-state index in [2.05, 4.69) is 26.0 Å². The van der Waals surface area contributed by atoms with Gasteiger partial charge in [-0.25, -0.2) is 0 Å². The highest BCUT2D eigenvalue weighted by Gasteiger charge is 2.02. The van der Waals surface area contributed by atoms with Crippen molar-refractivity contribution in [3.05, 3.63) is 29.8 Å². The average molecular weight is 671 g/mol. The number of aryl methyl sites for hydroxylation is 1. The van der Waals surface area contributed by atoms with E-state index in [9.17, 15) is 4.79 Å². The normalized spacial score (nSPS) is 11.3. The monoisotopic (exact) mass is 670 g/mol. The third kappa shape index (κ3) is 31.2. The third-order valence-electron chi connectivity index (χ3n) is 7.20. The zero-order valence-corrected chi connectivity index (χ0v) is 29.7. The summed E-state index contributed by atoms with van der Waals surface area (Å²) in [5, 5.41) is 0. The molecule has 0 amide bonds. The fraction of sp³-hybridized carbons (Fsp3) is 0.811. The molecule has 0 spiro atoms. The maximum absolute atomic E-state index is 11.6. The number of esters is 1. The smallest absolute Gasteiger partial charge is 0.305 e. The Morgan fingerprint density at radius 3 is 1.30 bits per heavy atom. The highest BCUT2D eigenvalue weighted by Crippen LogP contribution is 2.15. The molecule has 1 aromatic carbocycles. The molecule has 0 aromatic heterocycles.